The van der Waals surface area contributed by atoms with E-state index in [4.69, 9.17) is 13.6 Å². The third kappa shape index (κ3) is 6.77. The zero-order chi connectivity index (χ0) is 28.0. The van der Waals surface area contributed by atoms with E-state index in [-0.39, 0.29) is 11.3 Å². The summed E-state index contributed by atoms with van der Waals surface area (Å²) < 4.78 is 16.6. The fourth-order valence-electron chi connectivity index (χ4n) is 4.16. The summed E-state index contributed by atoms with van der Waals surface area (Å²) in [6.45, 7) is 0.998. The molecule has 7 nitrogen and oxygen atoms in total. The van der Waals surface area contributed by atoms with Crippen LogP contribution in [0.15, 0.2) is 126 Å². The van der Waals surface area contributed by atoms with Crippen molar-refractivity contribution in [3.8, 4) is 0 Å². The minimum Gasteiger partial charge on any atom is -0.397 e. The van der Waals surface area contributed by atoms with Gasteiger partial charge in [-0.2, -0.15) is 0 Å². The molecule has 6 aromatic rings. The smallest absolute Gasteiger partial charge is 0.347 e. The summed E-state index contributed by atoms with van der Waals surface area (Å²) in [5, 5.41) is 1.70. The number of thioether (sulfide) groups is 2. The fourth-order valence-corrected chi connectivity index (χ4v) is 5.72. The summed E-state index contributed by atoms with van der Waals surface area (Å²) >= 11 is 2.79. The van der Waals surface area contributed by atoms with Gasteiger partial charge in [0.15, 0.2) is 0 Å². The third-order valence-electron chi connectivity index (χ3n) is 6.34. The van der Waals surface area contributed by atoms with Crippen LogP contribution in [0.1, 0.15) is 22.3 Å². The van der Waals surface area contributed by atoms with Crippen molar-refractivity contribution in [1.29, 1.82) is 0 Å². The van der Waals surface area contributed by atoms with Gasteiger partial charge in [-0.1, -0.05) is 96.3 Å². The van der Waals surface area contributed by atoms with Crippen LogP contribution in [0, 0.1) is 0 Å². The highest BCUT2D eigenvalue weighted by molar-refractivity contribution is 7.98. The summed E-state index contributed by atoms with van der Waals surface area (Å²) in [5.74, 6) is 1.28. The van der Waals surface area contributed by atoms with Crippen LogP contribution in [-0.4, -0.2) is 9.97 Å². The van der Waals surface area contributed by atoms with E-state index in [0.29, 0.717) is 57.0 Å². The largest absolute Gasteiger partial charge is 0.397 e. The topological polar surface area (TPSA) is 95.4 Å². The Kier molecular flexibility index (Phi) is 8.27. The first-order chi connectivity index (χ1) is 20.1. The van der Waals surface area contributed by atoms with Gasteiger partial charge in [0, 0.05) is 11.5 Å². The van der Waals surface area contributed by atoms with Gasteiger partial charge in [-0.3, -0.25) is 0 Å². The highest BCUT2D eigenvalue weighted by atomic mass is 32.2. The van der Waals surface area contributed by atoms with Crippen molar-refractivity contribution in [3.05, 3.63) is 140 Å². The molecule has 0 aliphatic carbocycles. The maximum atomic E-state index is 12.2. The molecule has 0 saturated carbocycles. The van der Waals surface area contributed by atoms with Crippen molar-refractivity contribution >= 4 is 45.3 Å². The zero-order valence-corrected chi connectivity index (χ0v) is 23.5. The molecule has 0 aliphatic rings. The third-order valence-corrected chi connectivity index (χ3v) is 8.14. The predicted molar refractivity (Wildman–Crippen MR) is 161 cm³/mol. The standard InChI is InChI=1S/C32H24N2O5S2/c35-29-25-5-1-3-7-27(25)33-31(38-29)40-19-23-13-9-21(10-14-23)17-37-18-22-11-15-24(16-12-22)20-41-32-34-28-8-4-2-6-26(28)30(36)39-32/h1-16H,17-20H2. The number of rotatable bonds is 10. The fraction of sp³-hybridized carbons (Fsp3) is 0.125. The van der Waals surface area contributed by atoms with Gasteiger partial charge in [-0.15, -0.1) is 0 Å². The first-order valence-corrected chi connectivity index (χ1v) is 14.9. The van der Waals surface area contributed by atoms with Crippen LogP contribution in [-0.2, 0) is 29.5 Å². The zero-order valence-electron chi connectivity index (χ0n) is 21.8. The van der Waals surface area contributed by atoms with Crippen LogP contribution in [0.5, 0.6) is 0 Å². The van der Waals surface area contributed by atoms with Gasteiger partial charge in [-0.25, -0.2) is 19.6 Å². The number of nitrogens with zero attached hydrogens (tertiary/aromatic N) is 2. The minimum absolute atomic E-state index is 0.364. The number of para-hydroxylation sites is 2. The van der Waals surface area contributed by atoms with Crippen LogP contribution in [0.2, 0.25) is 0 Å². The number of fused-ring (bicyclic) bond motifs is 2. The van der Waals surface area contributed by atoms with Gasteiger partial charge in [0.2, 0.25) is 0 Å². The molecule has 0 radical (unpaired) electrons. The molecule has 0 fully saturated rings. The van der Waals surface area contributed by atoms with Crippen LogP contribution < -0.4 is 11.3 Å². The molecule has 0 unspecified atom stereocenters. The van der Waals surface area contributed by atoms with Crippen molar-refractivity contribution in [2.45, 2.75) is 35.2 Å². The molecular formula is C32H24N2O5S2. The average Bonchev–Trinajstić information content (AvgIpc) is 3.00. The minimum atomic E-state index is -0.368. The van der Waals surface area contributed by atoms with E-state index in [1.54, 1.807) is 24.3 Å². The Morgan fingerprint density at radius 2 is 0.927 bits per heavy atom. The number of hydrogen-bond acceptors (Lipinski definition) is 9. The molecule has 2 aromatic heterocycles. The molecule has 0 amide bonds. The van der Waals surface area contributed by atoms with E-state index in [9.17, 15) is 9.59 Å². The van der Waals surface area contributed by atoms with Crippen LogP contribution in [0.25, 0.3) is 21.8 Å². The number of hydrogen-bond donors (Lipinski definition) is 0. The van der Waals surface area contributed by atoms with E-state index in [1.165, 1.54) is 23.5 Å². The summed E-state index contributed by atoms with van der Waals surface area (Å²) in [6.07, 6.45) is 0. The number of benzene rings is 4. The summed E-state index contributed by atoms with van der Waals surface area (Å²) in [6, 6.07) is 30.7. The van der Waals surface area contributed by atoms with Crippen LogP contribution >= 0.6 is 23.5 Å². The summed E-state index contributed by atoms with van der Waals surface area (Å²) in [5.41, 5.74) is 4.89. The van der Waals surface area contributed by atoms with Gasteiger partial charge in [0.05, 0.1) is 35.0 Å². The Morgan fingerprint density at radius 1 is 0.537 bits per heavy atom. The molecular weight excluding hydrogens is 556 g/mol. The molecule has 0 saturated heterocycles. The average molecular weight is 581 g/mol. The first-order valence-electron chi connectivity index (χ1n) is 12.9. The SMILES string of the molecule is O=c1oc(SCc2ccc(COCc3ccc(CSc4nc5ccccc5c(=O)o4)cc3)cc2)nc2ccccc12. The lowest BCUT2D eigenvalue weighted by Gasteiger charge is -2.07. The molecule has 204 valence electrons. The van der Waals surface area contributed by atoms with E-state index in [0.717, 1.165) is 22.3 Å². The molecule has 0 bridgehead atoms. The summed E-state index contributed by atoms with van der Waals surface area (Å²) in [7, 11) is 0. The Balaban J connectivity index is 0.963. The molecule has 0 atom stereocenters. The van der Waals surface area contributed by atoms with E-state index in [2.05, 4.69) is 9.97 Å². The Morgan fingerprint density at radius 3 is 1.37 bits per heavy atom. The van der Waals surface area contributed by atoms with Crippen LogP contribution in [0.4, 0.5) is 0 Å². The second-order valence-corrected chi connectivity index (χ2v) is 11.1. The lowest BCUT2D eigenvalue weighted by Crippen LogP contribution is -2.02. The van der Waals surface area contributed by atoms with Gasteiger partial charge < -0.3 is 13.6 Å². The Bertz CT molecular complexity index is 1780. The maximum absolute atomic E-state index is 12.2. The summed E-state index contributed by atoms with van der Waals surface area (Å²) in [4.78, 5) is 33.2. The highest BCUT2D eigenvalue weighted by Crippen LogP contribution is 2.23. The van der Waals surface area contributed by atoms with Gasteiger partial charge in [0.25, 0.3) is 10.4 Å². The van der Waals surface area contributed by atoms with Gasteiger partial charge in [-0.05, 0) is 46.5 Å². The molecule has 0 N–H and O–H groups in total. The number of ether oxygens (including phenoxy) is 1. The molecule has 6 rings (SSSR count). The molecule has 2 heterocycles. The highest BCUT2D eigenvalue weighted by Gasteiger charge is 2.08. The lowest BCUT2D eigenvalue weighted by molar-refractivity contribution is 0.107. The van der Waals surface area contributed by atoms with Crippen molar-refractivity contribution in [3.63, 3.8) is 0 Å². The van der Waals surface area contributed by atoms with E-state index in [1.807, 2.05) is 72.8 Å². The van der Waals surface area contributed by atoms with E-state index >= 15 is 0 Å². The Labute approximate surface area is 243 Å². The normalized spacial score (nSPS) is 11.3. The lowest BCUT2D eigenvalue weighted by atomic mass is 10.1. The molecule has 0 spiro atoms. The second-order valence-electron chi connectivity index (χ2n) is 9.27. The number of aromatic nitrogens is 2. The molecule has 41 heavy (non-hydrogen) atoms. The predicted octanol–water partition coefficient (Wildman–Crippen LogP) is 6.99. The van der Waals surface area contributed by atoms with Crippen molar-refractivity contribution in [2.75, 3.05) is 0 Å². The van der Waals surface area contributed by atoms with Crippen LogP contribution in [0.3, 0.4) is 0 Å². The molecule has 4 aromatic carbocycles. The second kappa shape index (κ2) is 12.6. The van der Waals surface area contributed by atoms with Crippen molar-refractivity contribution in [1.82, 2.24) is 9.97 Å². The Hall–Kier alpha value is -4.18. The van der Waals surface area contributed by atoms with Crippen molar-refractivity contribution in [2.24, 2.45) is 0 Å². The first kappa shape index (κ1) is 27.0. The monoisotopic (exact) mass is 580 g/mol. The molecule has 9 heteroatoms. The van der Waals surface area contributed by atoms with Gasteiger partial charge in [0.1, 0.15) is 0 Å². The maximum Gasteiger partial charge on any atom is 0.347 e. The quantitative estimate of drug-likeness (QED) is 0.159. The van der Waals surface area contributed by atoms with Crippen molar-refractivity contribution < 1.29 is 13.6 Å². The van der Waals surface area contributed by atoms with Gasteiger partial charge >= 0.3 is 11.3 Å². The van der Waals surface area contributed by atoms with E-state index < -0.39 is 0 Å². The molecule has 0 aliphatic heterocycles.